The molecule has 0 unspecified atom stereocenters. The lowest BCUT2D eigenvalue weighted by Crippen LogP contribution is -2.35. The Balaban J connectivity index is 1.72. The van der Waals surface area contributed by atoms with Crippen LogP contribution < -0.4 is 10.4 Å². The van der Waals surface area contributed by atoms with E-state index in [1.807, 2.05) is 30.3 Å². The Labute approximate surface area is 195 Å². The second-order valence-electron chi connectivity index (χ2n) is 8.14. The summed E-state index contributed by atoms with van der Waals surface area (Å²) in [5.41, 5.74) is 14.1. The summed E-state index contributed by atoms with van der Waals surface area (Å²) in [5, 5.41) is 13.6. The Kier molecular flexibility index (Phi) is 5.50. The number of hydrogen-bond acceptors (Lipinski definition) is 3. The standard InChI is InChI=1S/C26H22BrN5/c27-19-12-10-17(11-13-19)15-32-16-22(25(31-32)18-6-2-1-3-7-18)24-20-8-4-5-9-23(20)30-26(29)21(24)14-28/h1-3,6-7,10-13,16H,4-5,8-9,15H2,(H2,29,30)/p+1. The van der Waals surface area contributed by atoms with Crippen molar-refractivity contribution in [3.05, 3.63) is 87.7 Å². The van der Waals surface area contributed by atoms with Crippen LogP contribution in [0.2, 0.25) is 0 Å². The van der Waals surface area contributed by atoms with Crippen molar-refractivity contribution in [2.45, 2.75) is 32.2 Å². The van der Waals surface area contributed by atoms with Gasteiger partial charge in [-0.25, -0.2) is 4.98 Å². The molecule has 0 radical (unpaired) electrons. The molecule has 2 aromatic carbocycles. The number of pyridine rings is 1. The van der Waals surface area contributed by atoms with Gasteiger partial charge in [0.05, 0.1) is 5.56 Å². The first-order valence-corrected chi connectivity index (χ1v) is 11.6. The number of H-pyrrole nitrogens is 1. The van der Waals surface area contributed by atoms with E-state index in [0.717, 1.165) is 63.8 Å². The largest absolute Gasteiger partial charge is 0.383 e. The monoisotopic (exact) mass is 484 g/mol. The molecule has 0 bridgehead atoms. The molecular weight excluding hydrogens is 462 g/mol. The van der Waals surface area contributed by atoms with Gasteiger partial charge in [-0.05, 0) is 43.4 Å². The molecule has 0 atom stereocenters. The predicted octanol–water partition coefficient (Wildman–Crippen LogP) is 5.17. The van der Waals surface area contributed by atoms with E-state index in [4.69, 9.17) is 5.73 Å². The van der Waals surface area contributed by atoms with Crippen LogP contribution in [-0.2, 0) is 19.4 Å². The van der Waals surface area contributed by atoms with E-state index < -0.39 is 0 Å². The fraction of sp³-hybridized carbons (Fsp3) is 0.192. The van der Waals surface area contributed by atoms with Crippen molar-refractivity contribution in [3.8, 4) is 28.5 Å². The van der Waals surface area contributed by atoms with Gasteiger partial charge >= 0.3 is 0 Å². The van der Waals surface area contributed by atoms with Crippen molar-refractivity contribution < 1.29 is 4.68 Å². The van der Waals surface area contributed by atoms with Gasteiger partial charge in [-0.1, -0.05) is 58.4 Å². The number of nitriles is 1. The summed E-state index contributed by atoms with van der Waals surface area (Å²) in [6, 6.07) is 20.9. The molecule has 0 saturated heterocycles. The van der Waals surface area contributed by atoms with Gasteiger partial charge in [0.25, 0.3) is 0 Å². The lowest BCUT2D eigenvalue weighted by molar-refractivity contribution is -0.741. The minimum Gasteiger partial charge on any atom is -0.383 e. The highest BCUT2D eigenvalue weighted by molar-refractivity contribution is 9.10. The second kappa shape index (κ2) is 8.60. The van der Waals surface area contributed by atoms with E-state index in [-0.39, 0.29) is 0 Å². The minimum atomic E-state index is 0.322. The molecule has 0 aliphatic heterocycles. The number of nitrogens with two attached hydrogens (primary N) is 1. The molecule has 158 valence electrons. The van der Waals surface area contributed by atoms with Crippen LogP contribution in [-0.4, -0.2) is 10.1 Å². The Morgan fingerprint density at radius 3 is 2.56 bits per heavy atom. The van der Waals surface area contributed by atoms with E-state index in [1.54, 1.807) is 0 Å². The summed E-state index contributed by atoms with van der Waals surface area (Å²) in [5.74, 6) is 0.322. The van der Waals surface area contributed by atoms with Crippen molar-refractivity contribution in [2.75, 3.05) is 5.73 Å². The molecule has 2 aromatic heterocycles. The van der Waals surface area contributed by atoms with Gasteiger partial charge in [-0.2, -0.15) is 10.4 Å². The van der Waals surface area contributed by atoms with Gasteiger partial charge in [-0.3, -0.25) is 0 Å². The molecule has 2 heterocycles. The fourth-order valence-corrected chi connectivity index (χ4v) is 4.78. The molecule has 5 rings (SSSR count). The lowest BCUT2D eigenvalue weighted by atomic mass is 9.86. The summed E-state index contributed by atoms with van der Waals surface area (Å²) in [4.78, 5) is 4.59. The van der Waals surface area contributed by atoms with E-state index >= 15 is 0 Å². The number of hydrogen-bond donors (Lipinski definition) is 2. The number of anilines is 1. The van der Waals surface area contributed by atoms with Crippen LogP contribution in [0.5, 0.6) is 0 Å². The average molecular weight is 485 g/mol. The number of fused-ring (bicyclic) bond motifs is 1. The van der Waals surface area contributed by atoms with Gasteiger partial charge in [0.15, 0.2) is 6.54 Å². The highest BCUT2D eigenvalue weighted by Crippen LogP contribution is 2.39. The van der Waals surface area contributed by atoms with E-state index in [0.29, 0.717) is 17.9 Å². The Morgan fingerprint density at radius 1 is 1.06 bits per heavy atom. The van der Waals surface area contributed by atoms with E-state index in [9.17, 15) is 5.26 Å². The molecule has 3 N–H and O–H groups in total. The zero-order valence-corrected chi connectivity index (χ0v) is 19.2. The summed E-state index contributed by atoms with van der Waals surface area (Å²) < 4.78 is 3.13. The third-order valence-electron chi connectivity index (χ3n) is 6.02. The molecule has 0 saturated carbocycles. The maximum absolute atomic E-state index is 10.0. The smallest absolute Gasteiger partial charge is 0.204 e. The highest BCUT2D eigenvalue weighted by Gasteiger charge is 2.28. The number of rotatable bonds is 4. The van der Waals surface area contributed by atoms with Crippen molar-refractivity contribution in [2.24, 2.45) is 0 Å². The van der Waals surface area contributed by atoms with Crippen molar-refractivity contribution in [1.29, 1.82) is 5.26 Å². The number of aryl methyl sites for hydroxylation is 1. The van der Waals surface area contributed by atoms with Crippen LogP contribution in [0.25, 0.3) is 22.4 Å². The predicted molar refractivity (Wildman–Crippen MR) is 129 cm³/mol. The number of nitrogen functional groups attached to an aromatic ring is 1. The van der Waals surface area contributed by atoms with Crippen LogP contribution in [0.3, 0.4) is 0 Å². The first-order valence-electron chi connectivity index (χ1n) is 10.8. The summed E-state index contributed by atoms with van der Waals surface area (Å²) in [6.45, 7) is 0.692. The first kappa shape index (κ1) is 20.5. The molecule has 1 aliphatic rings. The van der Waals surface area contributed by atoms with Gasteiger partial charge in [0, 0.05) is 26.9 Å². The van der Waals surface area contributed by atoms with Crippen LogP contribution in [0.15, 0.2) is 65.3 Å². The zero-order valence-electron chi connectivity index (χ0n) is 17.6. The van der Waals surface area contributed by atoms with Crippen molar-refractivity contribution in [3.63, 3.8) is 0 Å². The maximum Gasteiger partial charge on any atom is 0.204 e. The van der Waals surface area contributed by atoms with E-state index in [2.05, 4.69) is 67.2 Å². The van der Waals surface area contributed by atoms with Crippen LogP contribution >= 0.6 is 15.9 Å². The molecule has 0 fully saturated rings. The van der Waals surface area contributed by atoms with Crippen molar-refractivity contribution >= 4 is 21.7 Å². The Hall–Kier alpha value is -3.43. The molecular formula is C26H23BrN5+. The number of aromatic nitrogens is 3. The average Bonchev–Trinajstić information content (AvgIpc) is 3.23. The SMILES string of the molecule is N#Cc1c(N)nc2c(c1-c1c[n+](Cc3ccc(Br)cc3)[nH]c1-c1ccccc1)CCCC2. The number of benzene rings is 2. The lowest BCUT2D eigenvalue weighted by Gasteiger charge is -2.20. The Morgan fingerprint density at radius 2 is 1.81 bits per heavy atom. The minimum absolute atomic E-state index is 0.322. The molecule has 0 amide bonds. The number of aromatic amines is 1. The number of nitrogens with one attached hydrogen (secondary N) is 1. The quantitative estimate of drug-likeness (QED) is 0.391. The summed E-state index contributed by atoms with van der Waals surface area (Å²) in [6.07, 6.45) is 6.13. The first-order chi connectivity index (χ1) is 15.6. The maximum atomic E-state index is 10.0. The molecule has 6 heteroatoms. The molecule has 32 heavy (non-hydrogen) atoms. The molecule has 4 aromatic rings. The van der Waals surface area contributed by atoms with Crippen LogP contribution in [0, 0.1) is 11.3 Å². The van der Waals surface area contributed by atoms with Crippen molar-refractivity contribution in [1.82, 2.24) is 10.1 Å². The van der Waals surface area contributed by atoms with Crippen LogP contribution in [0.4, 0.5) is 5.82 Å². The molecule has 5 nitrogen and oxygen atoms in total. The number of nitrogens with zero attached hydrogens (tertiary/aromatic N) is 3. The van der Waals surface area contributed by atoms with E-state index in [1.165, 1.54) is 5.56 Å². The van der Waals surface area contributed by atoms with Gasteiger partial charge in [0.2, 0.25) is 6.20 Å². The molecule has 1 aliphatic carbocycles. The number of halogens is 1. The topological polar surface area (TPSA) is 82.4 Å². The van der Waals surface area contributed by atoms with Gasteiger partial charge in [0.1, 0.15) is 23.1 Å². The normalized spacial score (nSPS) is 12.9. The Bertz CT molecular complexity index is 1320. The zero-order chi connectivity index (χ0) is 22.1. The highest BCUT2D eigenvalue weighted by atomic mass is 79.9. The second-order valence-corrected chi connectivity index (χ2v) is 9.06. The summed E-state index contributed by atoms with van der Waals surface area (Å²) in [7, 11) is 0. The molecule has 0 spiro atoms. The van der Waals surface area contributed by atoms with Crippen LogP contribution in [0.1, 0.15) is 35.2 Å². The van der Waals surface area contributed by atoms with Gasteiger partial charge in [-0.15, -0.1) is 4.68 Å². The third-order valence-corrected chi connectivity index (χ3v) is 6.55. The fourth-order valence-electron chi connectivity index (χ4n) is 4.52. The third kappa shape index (κ3) is 3.80. The van der Waals surface area contributed by atoms with Gasteiger partial charge < -0.3 is 5.73 Å². The summed E-state index contributed by atoms with van der Waals surface area (Å²) >= 11 is 3.50.